The normalized spacial score (nSPS) is 11.9. The van der Waals surface area contributed by atoms with Crippen LogP contribution in [0.5, 0.6) is 0 Å². The number of nitriles is 1. The number of aromatic nitrogens is 4. The molecule has 0 radical (unpaired) electrons. The van der Waals surface area contributed by atoms with Gasteiger partial charge in [0.2, 0.25) is 0 Å². The van der Waals surface area contributed by atoms with Crippen molar-refractivity contribution < 1.29 is 14.7 Å². The van der Waals surface area contributed by atoms with E-state index < -0.39 is 29.1 Å². The molecule has 204 valence electrons. The number of urea groups is 1. The lowest BCUT2D eigenvalue weighted by Gasteiger charge is -2.22. The van der Waals surface area contributed by atoms with E-state index in [0.29, 0.717) is 11.2 Å². The van der Waals surface area contributed by atoms with Crippen LogP contribution in [0.25, 0.3) is 16.6 Å². The number of aliphatic carboxylic acids is 1. The first kappa shape index (κ1) is 27.8. The summed E-state index contributed by atoms with van der Waals surface area (Å²) in [5.41, 5.74) is 4.83. The van der Waals surface area contributed by atoms with Crippen molar-refractivity contribution in [1.82, 2.24) is 24.8 Å². The highest BCUT2D eigenvalue weighted by atomic mass is 35.5. The Kier molecular flexibility index (Phi) is 7.56. The van der Waals surface area contributed by atoms with Gasteiger partial charge < -0.3 is 26.8 Å². The molecule has 2 aromatic carbocycles. The number of benzene rings is 2. The fourth-order valence-corrected chi connectivity index (χ4v) is 4.11. The molecule has 0 spiro atoms. The zero-order valence-corrected chi connectivity index (χ0v) is 22.3. The number of amides is 2. The van der Waals surface area contributed by atoms with Crippen molar-refractivity contribution in [2.24, 2.45) is 0 Å². The molecule has 1 unspecified atom stereocenters. The van der Waals surface area contributed by atoms with E-state index in [-0.39, 0.29) is 39.1 Å². The Bertz CT molecular complexity index is 1750. The molecule has 0 fully saturated rings. The molecule has 13 nitrogen and oxygen atoms in total. The van der Waals surface area contributed by atoms with Crippen LogP contribution in [0.4, 0.5) is 22.1 Å². The molecule has 0 aliphatic heterocycles. The zero-order chi connectivity index (χ0) is 29.2. The van der Waals surface area contributed by atoms with E-state index in [4.69, 9.17) is 22.3 Å². The number of nitrogens with zero attached hydrogens (tertiary/aromatic N) is 5. The second kappa shape index (κ2) is 10.9. The molecule has 0 saturated heterocycles. The van der Waals surface area contributed by atoms with Gasteiger partial charge in [-0.2, -0.15) is 5.26 Å². The van der Waals surface area contributed by atoms with Gasteiger partial charge in [0.05, 0.1) is 27.7 Å². The number of carboxylic acid groups (broad SMARTS) is 1. The largest absolute Gasteiger partial charge is 0.480 e. The number of hydrogen-bond acceptors (Lipinski definition) is 9. The molecule has 0 aliphatic carbocycles. The Morgan fingerprint density at radius 3 is 2.62 bits per heavy atom. The van der Waals surface area contributed by atoms with Crippen molar-refractivity contribution in [3.63, 3.8) is 0 Å². The Hall–Kier alpha value is -5.22. The Balaban J connectivity index is 1.82. The van der Waals surface area contributed by atoms with E-state index in [9.17, 15) is 24.8 Å². The number of halogens is 1. The third-order valence-electron chi connectivity index (χ3n) is 5.92. The number of anilines is 3. The first-order valence-corrected chi connectivity index (χ1v) is 12.2. The summed E-state index contributed by atoms with van der Waals surface area (Å²) in [7, 11) is 0. The van der Waals surface area contributed by atoms with Crippen molar-refractivity contribution in [3.8, 4) is 11.8 Å². The van der Waals surface area contributed by atoms with Gasteiger partial charge in [-0.1, -0.05) is 23.7 Å². The predicted molar refractivity (Wildman–Crippen MR) is 149 cm³/mol. The van der Waals surface area contributed by atoms with E-state index >= 15 is 0 Å². The van der Waals surface area contributed by atoms with Gasteiger partial charge in [-0.25, -0.2) is 24.5 Å². The van der Waals surface area contributed by atoms with Crippen LogP contribution in [0.1, 0.15) is 38.2 Å². The molecule has 2 amide bonds. The summed E-state index contributed by atoms with van der Waals surface area (Å²) in [5.74, 6) is -0.818. The van der Waals surface area contributed by atoms with E-state index in [1.807, 2.05) is 6.07 Å². The lowest BCUT2D eigenvalue weighted by molar-refractivity contribution is -0.142. The van der Waals surface area contributed by atoms with E-state index in [1.54, 1.807) is 43.3 Å². The van der Waals surface area contributed by atoms with Crippen LogP contribution >= 0.6 is 11.6 Å². The number of carbonyl (C=O) groups is 2. The molecule has 4 rings (SSSR count). The molecular formula is C26H24ClN9O4. The van der Waals surface area contributed by atoms with Gasteiger partial charge in [0, 0.05) is 5.69 Å². The first-order chi connectivity index (χ1) is 18.9. The summed E-state index contributed by atoms with van der Waals surface area (Å²) in [6.45, 7) is 4.41. The fourth-order valence-electron chi connectivity index (χ4n) is 3.86. The average Bonchev–Trinajstić information content (AvgIpc) is 2.88. The van der Waals surface area contributed by atoms with Crippen LogP contribution in [0, 0.1) is 11.3 Å². The van der Waals surface area contributed by atoms with Crippen LogP contribution in [-0.2, 0) is 4.79 Å². The number of nitrogen functional groups attached to an aromatic ring is 1. The van der Waals surface area contributed by atoms with Gasteiger partial charge in [0.15, 0.2) is 0 Å². The van der Waals surface area contributed by atoms with Crippen LogP contribution in [0.3, 0.4) is 0 Å². The second-order valence-electron chi connectivity index (χ2n) is 9.26. The van der Waals surface area contributed by atoms with Crippen LogP contribution in [0.15, 0.2) is 53.6 Å². The Morgan fingerprint density at radius 1 is 1.20 bits per heavy atom. The summed E-state index contributed by atoms with van der Waals surface area (Å²) in [6, 6.07) is 11.8. The van der Waals surface area contributed by atoms with Gasteiger partial charge in [-0.3, -0.25) is 9.36 Å². The molecule has 4 aromatic rings. The van der Waals surface area contributed by atoms with Gasteiger partial charge in [-0.05, 0) is 51.1 Å². The molecule has 2 heterocycles. The average molecular weight is 562 g/mol. The Labute approximate surface area is 232 Å². The van der Waals surface area contributed by atoms with Crippen molar-refractivity contribution in [1.29, 1.82) is 5.26 Å². The minimum absolute atomic E-state index is 0.00836. The second-order valence-corrected chi connectivity index (χ2v) is 9.67. The standard InChI is InChI=1S/C26H24ClN9O4/c1-13(32-21-16(11-28)20(29)30-12-31-21)22-34-18-9-5-8-17(27)19(18)23(37)36(22)15-7-4-6-14(10-15)33-25(40)35-26(2,3)24(38)39/h4-10,12-13H,1-3H3,(H,38,39)(H2,33,35,40)(H3,29,30,31,32). The highest BCUT2D eigenvalue weighted by molar-refractivity contribution is 6.35. The summed E-state index contributed by atoms with van der Waals surface area (Å²) in [6.07, 6.45) is 1.21. The van der Waals surface area contributed by atoms with Crippen LogP contribution in [0.2, 0.25) is 5.02 Å². The third-order valence-corrected chi connectivity index (χ3v) is 6.24. The number of fused-ring (bicyclic) bond motifs is 1. The lowest BCUT2D eigenvalue weighted by atomic mass is 10.1. The van der Waals surface area contributed by atoms with Crippen molar-refractivity contribution in [2.45, 2.75) is 32.4 Å². The number of hydrogen-bond donors (Lipinski definition) is 5. The van der Waals surface area contributed by atoms with Crippen molar-refractivity contribution in [3.05, 3.63) is 75.6 Å². The molecular weight excluding hydrogens is 538 g/mol. The van der Waals surface area contributed by atoms with Gasteiger partial charge in [0.1, 0.15) is 41.0 Å². The minimum Gasteiger partial charge on any atom is -0.480 e. The molecule has 14 heteroatoms. The number of carboxylic acids is 1. The van der Waals surface area contributed by atoms with Crippen molar-refractivity contribution >= 4 is 51.8 Å². The molecule has 2 aromatic heterocycles. The molecule has 0 saturated carbocycles. The monoisotopic (exact) mass is 561 g/mol. The van der Waals surface area contributed by atoms with E-state index in [1.165, 1.54) is 30.8 Å². The van der Waals surface area contributed by atoms with Gasteiger partial charge in [-0.15, -0.1) is 0 Å². The van der Waals surface area contributed by atoms with E-state index in [0.717, 1.165) is 0 Å². The predicted octanol–water partition coefficient (Wildman–Crippen LogP) is 3.44. The summed E-state index contributed by atoms with van der Waals surface area (Å²) in [4.78, 5) is 50.4. The summed E-state index contributed by atoms with van der Waals surface area (Å²) in [5, 5.41) is 27.2. The first-order valence-electron chi connectivity index (χ1n) is 11.8. The zero-order valence-electron chi connectivity index (χ0n) is 21.6. The number of carbonyl (C=O) groups excluding carboxylic acids is 1. The highest BCUT2D eigenvalue weighted by Gasteiger charge is 2.29. The van der Waals surface area contributed by atoms with Gasteiger partial charge >= 0.3 is 12.0 Å². The lowest BCUT2D eigenvalue weighted by Crippen LogP contribution is -2.51. The maximum Gasteiger partial charge on any atom is 0.328 e. The molecule has 1 atom stereocenters. The molecule has 6 N–H and O–H groups in total. The molecule has 40 heavy (non-hydrogen) atoms. The number of rotatable bonds is 7. The number of nitrogens with one attached hydrogen (secondary N) is 3. The molecule has 0 bridgehead atoms. The van der Waals surface area contributed by atoms with E-state index in [2.05, 4.69) is 25.9 Å². The SMILES string of the molecule is CC(Nc1ncnc(N)c1C#N)c1nc2cccc(Cl)c2c(=O)n1-c1cccc(NC(=O)NC(C)(C)C(=O)O)c1. The quantitative estimate of drug-likeness (QED) is 0.222. The minimum atomic E-state index is -1.52. The topological polar surface area (TPSA) is 201 Å². The fraction of sp³-hybridized carbons (Fsp3) is 0.192. The van der Waals surface area contributed by atoms with Gasteiger partial charge in [0.25, 0.3) is 5.56 Å². The van der Waals surface area contributed by atoms with Crippen molar-refractivity contribution in [2.75, 3.05) is 16.4 Å². The Morgan fingerprint density at radius 2 is 1.93 bits per heavy atom. The highest BCUT2D eigenvalue weighted by Crippen LogP contribution is 2.26. The van der Waals surface area contributed by atoms with Crippen LogP contribution in [-0.4, -0.2) is 42.2 Å². The number of nitrogens with two attached hydrogens (primary N) is 1. The third kappa shape index (κ3) is 5.47. The molecule has 0 aliphatic rings. The summed E-state index contributed by atoms with van der Waals surface area (Å²) >= 11 is 6.38. The maximum atomic E-state index is 13.8. The van der Waals surface area contributed by atoms with Crippen LogP contribution < -0.4 is 27.2 Å². The maximum absolute atomic E-state index is 13.8. The summed E-state index contributed by atoms with van der Waals surface area (Å²) < 4.78 is 1.33. The smallest absolute Gasteiger partial charge is 0.328 e.